The molecule has 128 valence electrons. The second kappa shape index (κ2) is 5.61. The standard InChI is InChI=1S/C15H23N3O4S/c1-16-6-3-4-13(16)14(20)17-7-5-15(11-19)10-18(23(2,21)22)9-12(15)8-17/h3-4,6,12,19H,5,7-11H2,1-2H3/t12-,15+/m1/s1. The molecule has 2 atom stereocenters. The fourth-order valence-electron chi connectivity index (χ4n) is 3.77. The molecule has 3 heterocycles. The highest BCUT2D eigenvalue weighted by molar-refractivity contribution is 7.88. The zero-order chi connectivity index (χ0) is 16.8. The molecule has 0 aromatic carbocycles. The van der Waals surface area contributed by atoms with Gasteiger partial charge in [0.25, 0.3) is 5.91 Å². The van der Waals surface area contributed by atoms with E-state index in [1.165, 1.54) is 10.6 Å². The molecule has 0 spiro atoms. The Hall–Kier alpha value is -1.38. The highest BCUT2D eigenvalue weighted by atomic mass is 32.2. The van der Waals surface area contributed by atoms with Crippen molar-refractivity contribution >= 4 is 15.9 Å². The lowest BCUT2D eigenvalue weighted by Gasteiger charge is -2.42. The lowest BCUT2D eigenvalue weighted by atomic mass is 9.73. The van der Waals surface area contributed by atoms with Gasteiger partial charge in [0.2, 0.25) is 10.0 Å². The average molecular weight is 341 g/mol. The van der Waals surface area contributed by atoms with E-state index in [0.29, 0.717) is 38.3 Å². The van der Waals surface area contributed by atoms with Crippen LogP contribution in [-0.2, 0) is 17.1 Å². The Labute approximate surface area is 136 Å². The highest BCUT2D eigenvalue weighted by Gasteiger charge is 2.51. The molecule has 0 radical (unpaired) electrons. The Morgan fingerprint density at radius 1 is 1.43 bits per heavy atom. The van der Waals surface area contributed by atoms with Crippen molar-refractivity contribution in [3.63, 3.8) is 0 Å². The van der Waals surface area contributed by atoms with E-state index >= 15 is 0 Å². The molecule has 0 bridgehead atoms. The Balaban J connectivity index is 1.80. The van der Waals surface area contributed by atoms with Crippen molar-refractivity contribution in [3.8, 4) is 0 Å². The van der Waals surface area contributed by atoms with Crippen LogP contribution < -0.4 is 0 Å². The first-order valence-corrected chi connectivity index (χ1v) is 9.58. The molecule has 3 rings (SSSR count). The van der Waals surface area contributed by atoms with Gasteiger partial charge >= 0.3 is 0 Å². The molecule has 23 heavy (non-hydrogen) atoms. The van der Waals surface area contributed by atoms with Crippen LogP contribution in [0.15, 0.2) is 18.3 Å². The average Bonchev–Trinajstić information content (AvgIpc) is 3.09. The minimum Gasteiger partial charge on any atom is -0.396 e. The Kier molecular flexibility index (Phi) is 4.02. The molecule has 0 unspecified atom stereocenters. The maximum Gasteiger partial charge on any atom is 0.270 e. The summed E-state index contributed by atoms with van der Waals surface area (Å²) in [5, 5.41) is 9.86. The number of amides is 1. The van der Waals surface area contributed by atoms with Gasteiger partial charge in [0.05, 0.1) is 12.9 Å². The van der Waals surface area contributed by atoms with Gasteiger partial charge in [-0.1, -0.05) is 0 Å². The van der Waals surface area contributed by atoms with E-state index < -0.39 is 15.4 Å². The number of nitrogens with zero attached hydrogens (tertiary/aromatic N) is 3. The summed E-state index contributed by atoms with van der Waals surface area (Å²) < 4.78 is 26.9. The normalized spacial score (nSPS) is 28.8. The zero-order valence-electron chi connectivity index (χ0n) is 13.5. The second-order valence-electron chi connectivity index (χ2n) is 6.78. The van der Waals surface area contributed by atoms with Crippen molar-refractivity contribution in [2.45, 2.75) is 6.42 Å². The van der Waals surface area contributed by atoms with E-state index in [1.807, 2.05) is 19.3 Å². The maximum absolute atomic E-state index is 12.7. The highest BCUT2D eigenvalue weighted by Crippen LogP contribution is 2.43. The largest absolute Gasteiger partial charge is 0.396 e. The predicted molar refractivity (Wildman–Crippen MR) is 85.4 cm³/mol. The summed E-state index contributed by atoms with van der Waals surface area (Å²) in [6.07, 6.45) is 3.65. The molecular formula is C15H23N3O4S. The number of rotatable bonds is 3. The molecule has 1 aromatic rings. The van der Waals surface area contributed by atoms with Gasteiger partial charge < -0.3 is 14.6 Å². The minimum atomic E-state index is -3.28. The first kappa shape index (κ1) is 16.5. The molecule has 0 aliphatic carbocycles. The van der Waals surface area contributed by atoms with Crippen molar-refractivity contribution in [1.29, 1.82) is 0 Å². The van der Waals surface area contributed by atoms with Crippen molar-refractivity contribution in [1.82, 2.24) is 13.8 Å². The molecule has 8 heteroatoms. The van der Waals surface area contributed by atoms with E-state index in [0.717, 1.165) is 0 Å². The van der Waals surface area contributed by atoms with Gasteiger partial charge in [-0.2, -0.15) is 0 Å². The maximum atomic E-state index is 12.7. The van der Waals surface area contributed by atoms with Gasteiger partial charge in [-0.25, -0.2) is 12.7 Å². The third-order valence-electron chi connectivity index (χ3n) is 5.34. The number of piperidine rings is 1. The number of carbonyl (C=O) groups is 1. The number of aromatic nitrogens is 1. The summed E-state index contributed by atoms with van der Waals surface area (Å²) in [4.78, 5) is 14.4. The van der Waals surface area contributed by atoms with Crippen LogP contribution >= 0.6 is 0 Å². The number of hydrogen-bond acceptors (Lipinski definition) is 4. The lowest BCUT2D eigenvalue weighted by molar-refractivity contribution is 0.0181. The number of aliphatic hydroxyl groups is 1. The van der Waals surface area contributed by atoms with Gasteiger partial charge in [-0.3, -0.25) is 4.79 Å². The molecule has 2 aliphatic rings. The van der Waals surface area contributed by atoms with Gasteiger partial charge in [0, 0.05) is 44.8 Å². The van der Waals surface area contributed by atoms with Gasteiger partial charge in [0.1, 0.15) is 5.69 Å². The van der Waals surface area contributed by atoms with Crippen LogP contribution in [-0.4, -0.2) is 72.2 Å². The second-order valence-corrected chi connectivity index (χ2v) is 8.76. The van der Waals surface area contributed by atoms with E-state index in [9.17, 15) is 18.3 Å². The molecule has 2 fully saturated rings. The van der Waals surface area contributed by atoms with Crippen LogP contribution in [0.1, 0.15) is 16.9 Å². The van der Waals surface area contributed by atoms with Crippen LogP contribution in [0.3, 0.4) is 0 Å². The summed E-state index contributed by atoms with van der Waals surface area (Å²) in [5.41, 5.74) is 0.202. The summed E-state index contributed by atoms with van der Waals surface area (Å²) in [6, 6.07) is 3.61. The number of fused-ring (bicyclic) bond motifs is 1. The minimum absolute atomic E-state index is 0.0276. The number of aryl methyl sites for hydroxylation is 1. The quantitative estimate of drug-likeness (QED) is 0.821. The summed E-state index contributed by atoms with van der Waals surface area (Å²) in [5.74, 6) is -0.0676. The number of sulfonamides is 1. The number of hydrogen-bond donors (Lipinski definition) is 1. The van der Waals surface area contributed by atoms with Crippen LogP contribution in [0.5, 0.6) is 0 Å². The molecule has 1 N–H and O–H groups in total. The number of carbonyl (C=O) groups excluding carboxylic acids is 1. The number of aliphatic hydroxyl groups excluding tert-OH is 1. The fourth-order valence-corrected chi connectivity index (χ4v) is 4.72. The zero-order valence-corrected chi connectivity index (χ0v) is 14.3. The Morgan fingerprint density at radius 3 is 2.74 bits per heavy atom. The molecular weight excluding hydrogens is 318 g/mol. The van der Waals surface area contributed by atoms with Crippen molar-refractivity contribution in [3.05, 3.63) is 24.0 Å². The Morgan fingerprint density at radius 2 is 2.17 bits per heavy atom. The molecule has 1 aromatic heterocycles. The van der Waals surface area contributed by atoms with E-state index in [2.05, 4.69) is 0 Å². The molecule has 7 nitrogen and oxygen atoms in total. The molecule has 2 saturated heterocycles. The van der Waals surface area contributed by atoms with Crippen molar-refractivity contribution in [2.75, 3.05) is 39.0 Å². The van der Waals surface area contributed by atoms with Crippen LogP contribution in [0.2, 0.25) is 0 Å². The summed E-state index contributed by atoms with van der Waals surface area (Å²) >= 11 is 0. The first-order valence-electron chi connectivity index (χ1n) is 7.73. The number of likely N-dealkylation sites (tertiary alicyclic amines) is 1. The monoisotopic (exact) mass is 341 g/mol. The predicted octanol–water partition coefficient (Wildman–Crippen LogP) is -0.259. The van der Waals surface area contributed by atoms with Crippen LogP contribution in [0, 0.1) is 11.3 Å². The first-order chi connectivity index (χ1) is 10.8. The molecule has 2 aliphatic heterocycles. The van der Waals surface area contributed by atoms with Crippen LogP contribution in [0.4, 0.5) is 0 Å². The smallest absolute Gasteiger partial charge is 0.270 e. The van der Waals surface area contributed by atoms with Gasteiger partial charge in [-0.15, -0.1) is 0 Å². The van der Waals surface area contributed by atoms with Gasteiger partial charge in [-0.05, 0) is 24.5 Å². The SMILES string of the molecule is Cn1cccc1C(=O)N1CC[C@@]2(CO)CN(S(C)(=O)=O)C[C@H]2C1. The van der Waals surface area contributed by atoms with E-state index in [1.54, 1.807) is 15.5 Å². The van der Waals surface area contributed by atoms with Crippen molar-refractivity contribution < 1.29 is 18.3 Å². The Bertz CT molecular complexity index is 714. The topological polar surface area (TPSA) is 82.8 Å². The third-order valence-corrected chi connectivity index (χ3v) is 6.55. The van der Waals surface area contributed by atoms with Crippen molar-refractivity contribution in [2.24, 2.45) is 18.4 Å². The van der Waals surface area contributed by atoms with Gasteiger partial charge in [0.15, 0.2) is 0 Å². The van der Waals surface area contributed by atoms with E-state index in [-0.39, 0.29) is 18.4 Å². The van der Waals surface area contributed by atoms with Crippen LogP contribution in [0.25, 0.3) is 0 Å². The van der Waals surface area contributed by atoms with E-state index in [4.69, 9.17) is 0 Å². The summed E-state index contributed by atoms with van der Waals surface area (Å²) in [7, 11) is -1.45. The molecule has 0 saturated carbocycles. The third kappa shape index (κ3) is 2.79. The summed E-state index contributed by atoms with van der Waals surface area (Å²) in [6.45, 7) is 1.70. The molecule has 1 amide bonds. The lowest BCUT2D eigenvalue weighted by Crippen LogP contribution is -2.50. The fraction of sp³-hybridized carbons (Fsp3) is 0.667.